The molecule has 0 amide bonds. The number of esters is 1. The number of hydrogen-bond donors (Lipinski definition) is 1. The van der Waals surface area contributed by atoms with E-state index in [1.165, 1.54) is 167 Å². The van der Waals surface area contributed by atoms with Crippen LogP contribution in [0.4, 0.5) is 0 Å². The van der Waals surface area contributed by atoms with Crippen LogP contribution in [0.2, 0.25) is 0 Å². The van der Waals surface area contributed by atoms with Gasteiger partial charge in [-0.25, -0.2) is 0 Å². The molecule has 48 heavy (non-hydrogen) atoms. The van der Waals surface area contributed by atoms with Crippen LogP contribution in [0, 0.1) is 0 Å². The summed E-state index contributed by atoms with van der Waals surface area (Å²) in [6, 6.07) is 0. The number of rotatable bonds is 40. The summed E-state index contributed by atoms with van der Waals surface area (Å²) in [7, 11) is 0. The van der Waals surface area contributed by atoms with Gasteiger partial charge < -0.3 is 9.84 Å². The zero-order valence-corrected chi connectivity index (χ0v) is 32.6. The number of carboxylic acid groups (broad SMARTS) is 1. The highest BCUT2D eigenvalue weighted by molar-refractivity contribution is 5.69. The lowest BCUT2D eigenvalue weighted by atomic mass is 10.0. The van der Waals surface area contributed by atoms with Gasteiger partial charge in [-0.15, -0.1) is 0 Å². The maximum absolute atomic E-state index is 12.7. The molecule has 0 aromatic carbocycles. The summed E-state index contributed by atoms with van der Waals surface area (Å²) in [5, 5.41) is 8.86. The third-order valence-corrected chi connectivity index (χ3v) is 9.99. The van der Waals surface area contributed by atoms with Crippen molar-refractivity contribution in [3.8, 4) is 0 Å². The number of allylic oxidation sites excluding steroid dienone is 2. The van der Waals surface area contributed by atoms with Crippen molar-refractivity contribution < 1.29 is 19.4 Å². The minimum absolute atomic E-state index is 0.00848. The van der Waals surface area contributed by atoms with E-state index in [1.54, 1.807) is 0 Å². The zero-order chi connectivity index (χ0) is 35.0. The van der Waals surface area contributed by atoms with Crippen molar-refractivity contribution in [3.05, 3.63) is 12.2 Å². The summed E-state index contributed by atoms with van der Waals surface area (Å²) < 4.78 is 5.99. The summed E-state index contributed by atoms with van der Waals surface area (Å²) in [6.07, 6.45) is 49.5. The average Bonchev–Trinajstić information content (AvgIpc) is 3.07. The van der Waals surface area contributed by atoms with Crippen LogP contribution in [-0.2, 0) is 14.3 Å². The highest BCUT2D eigenvalue weighted by Gasteiger charge is 2.14. The lowest BCUT2D eigenvalue weighted by Crippen LogP contribution is -2.18. The summed E-state index contributed by atoms with van der Waals surface area (Å²) >= 11 is 0. The van der Waals surface area contributed by atoms with E-state index in [-0.39, 0.29) is 18.5 Å². The van der Waals surface area contributed by atoms with Crippen LogP contribution in [0.1, 0.15) is 251 Å². The number of hydrogen-bond acceptors (Lipinski definition) is 3. The molecule has 0 heterocycles. The van der Waals surface area contributed by atoms with E-state index in [0.717, 1.165) is 57.8 Å². The van der Waals surface area contributed by atoms with Crippen LogP contribution in [-0.4, -0.2) is 23.1 Å². The second kappa shape index (κ2) is 40.1. The molecule has 0 fully saturated rings. The Hall–Kier alpha value is -1.32. The van der Waals surface area contributed by atoms with Crippen LogP contribution in [0.5, 0.6) is 0 Å². The molecule has 0 aromatic heterocycles. The van der Waals surface area contributed by atoms with E-state index in [4.69, 9.17) is 9.84 Å². The second-order valence-corrected chi connectivity index (χ2v) is 14.9. The average molecular weight is 677 g/mol. The van der Waals surface area contributed by atoms with Crippen molar-refractivity contribution >= 4 is 11.9 Å². The third-order valence-electron chi connectivity index (χ3n) is 9.99. The lowest BCUT2D eigenvalue weighted by molar-refractivity contribution is -0.150. The van der Waals surface area contributed by atoms with Gasteiger partial charge in [0.1, 0.15) is 6.10 Å². The van der Waals surface area contributed by atoms with Crippen molar-refractivity contribution in [3.63, 3.8) is 0 Å². The highest BCUT2D eigenvalue weighted by Crippen LogP contribution is 2.19. The first kappa shape index (κ1) is 46.7. The van der Waals surface area contributed by atoms with Crippen molar-refractivity contribution in [2.75, 3.05) is 0 Å². The molecule has 0 spiro atoms. The predicted octanol–water partition coefficient (Wildman–Crippen LogP) is 15.0. The maximum atomic E-state index is 12.7. The van der Waals surface area contributed by atoms with Crippen LogP contribution < -0.4 is 0 Å². The first-order valence-electron chi connectivity index (χ1n) is 21.7. The number of carbonyl (C=O) groups excluding carboxylic acids is 1. The molecular formula is C44H84O4. The number of aliphatic carboxylic acids is 1. The minimum Gasteiger partial charge on any atom is -0.481 e. The Bertz CT molecular complexity index is 687. The Morgan fingerprint density at radius 2 is 0.750 bits per heavy atom. The van der Waals surface area contributed by atoms with Crippen molar-refractivity contribution in [1.82, 2.24) is 0 Å². The van der Waals surface area contributed by atoms with Gasteiger partial charge >= 0.3 is 11.9 Å². The molecule has 284 valence electrons. The first-order chi connectivity index (χ1) is 23.6. The molecule has 0 rings (SSSR count). The Balaban J connectivity index is 3.89. The maximum Gasteiger partial charge on any atom is 0.306 e. The van der Waals surface area contributed by atoms with E-state index in [2.05, 4.69) is 26.0 Å². The van der Waals surface area contributed by atoms with E-state index in [9.17, 15) is 9.59 Å². The Labute approximate surface area is 300 Å². The van der Waals surface area contributed by atoms with Crippen molar-refractivity contribution in [1.29, 1.82) is 0 Å². The van der Waals surface area contributed by atoms with Crippen molar-refractivity contribution in [2.24, 2.45) is 0 Å². The standard InChI is InChI=1S/C44H84O4/c1-3-5-7-9-11-13-15-17-18-19-20-21-22-23-25-27-29-31-37-41-44(47)48-42(39-35-32-33-36-40-43(45)46)38-34-30-28-26-24-16-14-12-10-8-6-4-2/h17-18,42H,3-16,19-41H2,1-2H3,(H,45,46)/b18-17-. The molecule has 1 unspecified atom stereocenters. The van der Waals surface area contributed by atoms with Gasteiger partial charge in [0.2, 0.25) is 0 Å². The fourth-order valence-corrected chi connectivity index (χ4v) is 6.77. The summed E-state index contributed by atoms with van der Waals surface area (Å²) in [4.78, 5) is 23.4. The largest absolute Gasteiger partial charge is 0.481 e. The molecule has 1 N–H and O–H groups in total. The normalized spacial score (nSPS) is 12.2. The predicted molar refractivity (Wildman–Crippen MR) is 209 cm³/mol. The third kappa shape index (κ3) is 39.1. The molecular weight excluding hydrogens is 592 g/mol. The number of ether oxygens (including phenoxy) is 1. The van der Waals surface area contributed by atoms with Crippen LogP contribution >= 0.6 is 0 Å². The van der Waals surface area contributed by atoms with Crippen LogP contribution in [0.25, 0.3) is 0 Å². The zero-order valence-electron chi connectivity index (χ0n) is 32.6. The molecule has 0 saturated carbocycles. The van der Waals surface area contributed by atoms with Gasteiger partial charge in [0, 0.05) is 12.8 Å². The first-order valence-corrected chi connectivity index (χ1v) is 21.7. The van der Waals surface area contributed by atoms with Gasteiger partial charge in [0.15, 0.2) is 0 Å². The van der Waals surface area contributed by atoms with Gasteiger partial charge in [-0.05, 0) is 64.2 Å². The topological polar surface area (TPSA) is 63.6 Å². The molecule has 4 nitrogen and oxygen atoms in total. The van der Waals surface area contributed by atoms with E-state index >= 15 is 0 Å². The molecule has 0 aliphatic carbocycles. The molecule has 0 radical (unpaired) electrons. The fraction of sp³-hybridized carbons (Fsp3) is 0.909. The molecule has 0 bridgehead atoms. The van der Waals surface area contributed by atoms with Crippen molar-refractivity contribution in [2.45, 2.75) is 258 Å². The number of unbranched alkanes of at least 4 members (excludes halogenated alkanes) is 29. The van der Waals surface area contributed by atoms with Gasteiger partial charge in [-0.2, -0.15) is 0 Å². The van der Waals surface area contributed by atoms with Gasteiger partial charge in [-0.3, -0.25) is 9.59 Å². The van der Waals surface area contributed by atoms with Gasteiger partial charge in [-0.1, -0.05) is 187 Å². The molecule has 4 heteroatoms. The Kier molecular flexibility index (Phi) is 39.0. The van der Waals surface area contributed by atoms with E-state index in [1.807, 2.05) is 0 Å². The quantitative estimate of drug-likeness (QED) is 0.0398. The van der Waals surface area contributed by atoms with Gasteiger partial charge in [0.25, 0.3) is 0 Å². The Morgan fingerprint density at radius 1 is 0.438 bits per heavy atom. The van der Waals surface area contributed by atoms with Gasteiger partial charge in [0.05, 0.1) is 0 Å². The molecule has 0 saturated heterocycles. The van der Waals surface area contributed by atoms with E-state index < -0.39 is 5.97 Å². The molecule has 0 aromatic rings. The van der Waals surface area contributed by atoms with Crippen LogP contribution in [0.3, 0.4) is 0 Å². The fourth-order valence-electron chi connectivity index (χ4n) is 6.77. The monoisotopic (exact) mass is 677 g/mol. The number of carboxylic acids is 1. The summed E-state index contributed by atoms with van der Waals surface area (Å²) in [5.41, 5.74) is 0. The minimum atomic E-state index is -0.707. The number of carbonyl (C=O) groups is 2. The van der Waals surface area contributed by atoms with Crippen LogP contribution in [0.15, 0.2) is 12.2 Å². The molecule has 1 atom stereocenters. The summed E-state index contributed by atoms with van der Waals surface area (Å²) in [6.45, 7) is 4.56. The SMILES string of the molecule is CCCCCCCC/C=C\CCCCCCCCCCCC(=O)OC(CCCCCCCCCCCCCC)CCCCCCC(=O)O. The lowest BCUT2D eigenvalue weighted by Gasteiger charge is -2.18. The molecule has 0 aliphatic heterocycles. The Morgan fingerprint density at radius 3 is 1.12 bits per heavy atom. The second-order valence-electron chi connectivity index (χ2n) is 14.9. The highest BCUT2D eigenvalue weighted by atomic mass is 16.5. The van der Waals surface area contributed by atoms with E-state index in [0.29, 0.717) is 6.42 Å². The molecule has 0 aliphatic rings. The smallest absolute Gasteiger partial charge is 0.306 e. The summed E-state index contributed by atoms with van der Waals surface area (Å²) in [5.74, 6) is -0.715.